The number of hydrogen-bond acceptors (Lipinski definition) is 5. The lowest BCUT2D eigenvalue weighted by Crippen LogP contribution is -2.41. The Morgan fingerprint density at radius 2 is 1.64 bits per heavy atom. The Balaban J connectivity index is 1.71. The maximum atomic E-state index is 12.3. The summed E-state index contributed by atoms with van der Waals surface area (Å²) in [6, 6.07) is 9.12. The van der Waals surface area contributed by atoms with Crippen molar-refractivity contribution in [3.63, 3.8) is 0 Å². The molecule has 0 aliphatic carbocycles. The van der Waals surface area contributed by atoms with E-state index in [-0.39, 0.29) is 17.1 Å². The molecule has 6 nitrogen and oxygen atoms in total. The van der Waals surface area contributed by atoms with Crippen LogP contribution in [-0.2, 0) is 9.31 Å². The summed E-state index contributed by atoms with van der Waals surface area (Å²) in [5.74, 6) is -0.212. The van der Waals surface area contributed by atoms with Gasteiger partial charge in [0.2, 0.25) is 0 Å². The third kappa shape index (κ3) is 3.43. The number of amides is 1. The maximum Gasteiger partial charge on any atom is 0.494 e. The van der Waals surface area contributed by atoms with Gasteiger partial charge in [0.1, 0.15) is 0 Å². The normalized spacial score (nSPS) is 18.2. The second kappa shape index (κ2) is 6.24. The molecule has 2 heterocycles. The summed E-state index contributed by atoms with van der Waals surface area (Å²) in [6.07, 6.45) is 1.50. The van der Waals surface area contributed by atoms with Crippen LogP contribution < -0.4 is 10.8 Å². The van der Waals surface area contributed by atoms with E-state index in [9.17, 15) is 4.79 Å². The molecule has 0 radical (unpaired) electrons. The molecule has 0 unspecified atom stereocenters. The van der Waals surface area contributed by atoms with Crippen molar-refractivity contribution >= 4 is 24.2 Å². The summed E-state index contributed by atoms with van der Waals surface area (Å²) in [6.45, 7) is 9.84. The molecule has 25 heavy (non-hydrogen) atoms. The Labute approximate surface area is 148 Å². The molecule has 1 aliphatic heterocycles. The van der Waals surface area contributed by atoms with Crippen molar-refractivity contribution in [1.29, 1.82) is 0 Å². The van der Waals surface area contributed by atoms with E-state index in [1.54, 1.807) is 13.0 Å². The highest BCUT2D eigenvalue weighted by atomic mass is 16.7. The minimum absolute atomic E-state index is 0.212. The van der Waals surface area contributed by atoms with Gasteiger partial charge in [-0.1, -0.05) is 12.1 Å². The van der Waals surface area contributed by atoms with Crippen LogP contribution in [0.1, 0.15) is 43.7 Å². The fourth-order valence-electron chi connectivity index (χ4n) is 2.54. The molecule has 3 rings (SSSR count). The zero-order valence-electron chi connectivity index (χ0n) is 15.2. The predicted molar refractivity (Wildman–Crippen MR) is 96.9 cm³/mol. The van der Waals surface area contributed by atoms with E-state index in [4.69, 9.17) is 9.31 Å². The summed E-state index contributed by atoms with van der Waals surface area (Å²) in [5.41, 5.74) is 1.95. The highest BCUT2D eigenvalue weighted by molar-refractivity contribution is 6.62. The monoisotopic (exact) mass is 339 g/mol. The summed E-state index contributed by atoms with van der Waals surface area (Å²) in [7, 11) is -0.415. The van der Waals surface area contributed by atoms with Crippen molar-refractivity contribution in [2.75, 3.05) is 5.32 Å². The number of carbonyl (C=O) groups is 1. The molecule has 0 atom stereocenters. The van der Waals surface area contributed by atoms with Gasteiger partial charge in [-0.05, 0) is 58.3 Å². The van der Waals surface area contributed by atoms with Crippen molar-refractivity contribution in [1.82, 2.24) is 10.2 Å². The van der Waals surface area contributed by atoms with Crippen molar-refractivity contribution < 1.29 is 14.1 Å². The third-order valence-electron chi connectivity index (χ3n) is 4.84. The summed E-state index contributed by atoms with van der Waals surface area (Å²) >= 11 is 0. The van der Waals surface area contributed by atoms with Gasteiger partial charge in [-0.2, -0.15) is 10.2 Å². The lowest BCUT2D eigenvalue weighted by Gasteiger charge is -2.32. The molecule has 0 saturated carbocycles. The average Bonchev–Trinajstić information content (AvgIpc) is 2.76. The molecular formula is C18H22BN3O3. The van der Waals surface area contributed by atoms with E-state index in [1.165, 1.54) is 6.20 Å². The minimum Gasteiger partial charge on any atom is -0.399 e. The number of benzene rings is 1. The zero-order valence-corrected chi connectivity index (χ0v) is 15.2. The molecule has 0 spiro atoms. The molecule has 1 fully saturated rings. The number of nitrogens with one attached hydrogen (secondary N) is 1. The van der Waals surface area contributed by atoms with Crippen LogP contribution in [0, 0.1) is 6.92 Å². The van der Waals surface area contributed by atoms with Crippen LogP contribution >= 0.6 is 0 Å². The molecule has 1 amide bonds. The number of aryl methyl sites for hydroxylation is 1. The summed E-state index contributed by atoms with van der Waals surface area (Å²) < 4.78 is 12.1. The van der Waals surface area contributed by atoms with E-state index in [0.29, 0.717) is 16.9 Å². The molecule has 1 aliphatic rings. The van der Waals surface area contributed by atoms with Crippen molar-refractivity contribution in [2.45, 2.75) is 45.8 Å². The number of rotatable bonds is 3. The van der Waals surface area contributed by atoms with Crippen molar-refractivity contribution in [3.05, 3.63) is 47.8 Å². The van der Waals surface area contributed by atoms with Crippen LogP contribution in [0.2, 0.25) is 0 Å². The number of carbonyl (C=O) groups excluding carboxylic acids is 1. The van der Waals surface area contributed by atoms with Gasteiger partial charge < -0.3 is 14.6 Å². The Hall–Kier alpha value is -2.25. The SMILES string of the molecule is Cc1nnccc1C(=O)Nc1ccc(B2OC(C)(C)C(C)(C)O2)cc1. The van der Waals surface area contributed by atoms with Gasteiger partial charge in [-0.3, -0.25) is 4.79 Å². The van der Waals surface area contributed by atoms with Crippen LogP contribution in [0.5, 0.6) is 0 Å². The van der Waals surface area contributed by atoms with Crippen LogP contribution in [0.25, 0.3) is 0 Å². The lowest BCUT2D eigenvalue weighted by molar-refractivity contribution is 0.00578. The van der Waals surface area contributed by atoms with Gasteiger partial charge in [0.25, 0.3) is 5.91 Å². The van der Waals surface area contributed by atoms with Crippen molar-refractivity contribution in [2.24, 2.45) is 0 Å². The van der Waals surface area contributed by atoms with E-state index in [0.717, 1.165) is 5.46 Å². The molecule has 130 valence electrons. The molecule has 2 aromatic rings. The first-order valence-corrected chi connectivity index (χ1v) is 8.25. The third-order valence-corrected chi connectivity index (χ3v) is 4.84. The standard InChI is InChI=1S/C18H22BN3O3/c1-12-15(10-11-20-22-12)16(23)21-14-8-6-13(7-9-14)19-24-17(2,3)18(4,5)25-19/h6-11H,1-5H3,(H,21,23). The number of aromatic nitrogens is 2. The fourth-order valence-corrected chi connectivity index (χ4v) is 2.54. The van der Waals surface area contributed by atoms with Gasteiger partial charge in [0, 0.05) is 5.69 Å². The zero-order chi connectivity index (χ0) is 18.2. The van der Waals surface area contributed by atoms with E-state index in [2.05, 4.69) is 15.5 Å². The second-order valence-electron chi connectivity index (χ2n) is 7.19. The number of nitrogens with zero attached hydrogens (tertiary/aromatic N) is 2. The molecular weight excluding hydrogens is 317 g/mol. The van der Waals surface area contributed by atoms with Crippen LogP contribution in [0.4, 0.5) is 5.69 Å². The Morgan fingerprint density at radius 1 is 1.04 bits per heavy atom. The number of hydrogen-bond donors (Lipinski definition) is 1. The quantitative estimate of drug-likeness (QED) is 0.869. The summed E-state index contributed by atoms with van der Waals surface area (Å²) in [4.78, 5) is 12.3. The topological polar surface area (TPSA) is 73.3 Å². The van der Waals surface area contributed by atoms with Gasteiger partial charge >= 0.3 is 7.12 Å². The molecule has 1 aromatic carbocycles. The van der Waals surface area contributed by atoms with Crippen LogP contribution in [0.3, 0.4) is 0 Å². The lowest BCUT2D eigenvalue weighted by atomic mass is 9.79. The molecule has 1 N–H and O–H groups in total. The number of anilines is 1. The Kier molecular flexibility index (Phi) is 4.39. The largest absolute Gasteiger partial charge is 0.494 e. The van der Waals surface area contributed by atoms with Gasteiger partial charge in [0.05, 0.1) is 28.7 Å². The minimum atomic E-state index is -0.415. The fraction of sp³-hybridized carbons (Fsp3) is 0.389. The molecule has 1 aromatic heterocycles. The predicted octanol–water partition coefficient (Wildman–Crippen LogP) is 2.34. The van der Waals surface area contributed by atoms with Crippen molar-refractivity contribution in [3.8, 4) is 0 Å². The first-order chi connectivity index (χ1) is 11.7. The first-order valence-electron chi connectivity index (χ1n) is 8.25. The maximum absolute atomic E-state index is 12.3. The van der Waals surface area contributed by atoms with Gasteiger partial charge in [-0.15, -0.1) is 0 Å². The molecule has 7 heteroatoms. The van der Waals surface area contributed by atoms with E-state index < -0.39 is 7.12 Å². The highest BCUT2D eigenvalue weighted by Crippen LogP contribution is 2.36. The van der Waals surface area contributed by atoms with Gasteiger partial charge in [-0.25, -0.2) is 0 Å². The van der Waals surface area contributed by atoms with Crippen LogP contribution in [0.15, 0.2) is 36.5 Å². The van der Waals surface area contributed by atoms with Gasteiger partial charge in [0.15, 0.2) is 0 Å². The average molecular weight is 339 g/mol. The second-order valence-corrected chi connectivity index (χ2v) is 7.19. The first kappa shape index (κ1) is 17.6. The molecule has 0 bridgehead atoms. The van der Waals surface area contributed by atoms with E-state index >= 15 is 0 Å². The Morgan fingerprint density at radius 3 is 2.20 bits per heavy atom. The van der Waals surface area contributed by atoms with E-state index in [1.807, 2.05) is 52.0 Å². The highest BCUT2D eigenvalue weighted by Gasteiger charge is 2.51. The smallest absolute Gasteiger partial charge is 0.399 e. The molecule has 1 saturated heterocycles. The summed E-state index contributed by atoms with van der Waals surface area (Å²) in [5, 5.41) is 10.5. The Bertz CT molecular complexity index is 774. The van der Waals surface area contributed by atoms with Crippen LogP contribution in [-0.4, -0.2) is 34.4 Å².